The van der Waals surface area contributed by atoms with Crippen LogP contribution in [0.5, 0.6) is 0 Å². The molecule has 25 heavy (non-hydrogen) atoms. The molecule has 2 atom stereocenters. The molecule has 132 valence electrons. The minimum absolute atomic E-state index is 0.0645. The van der Waals surface area contributed by atoms with Crippen LogP contribution in [-0.2, 0) is 15.1 Å². The molecule has 3 rings (SSSR count). The Morgan fingerprint density at radius 2 is 1.96 bits per heavy atom. The van der Waals surface area contributed by atoms with Gasteiger partial charge in [-0.25, -0.2) is 13.6 Å². The third kappa shape index (κ3) is 3.11. The van der Waals surface area contributed by atoms with E-state index in [0.29, 0.717) is 12.1 Å². The van der Waals surface area contributed by atoms with Gasteiger partial charge in [-0.3, -0.25) is 9.48 Å². The topological polar surface area (TPSA) is 84.2 Å². The first-order chi connectivity index (χ1) is 11.7. The molecule has 1 fully saturated rings. The van der Waals surface area contributed by atoms with Crippen molar-refractivity contribution >= 4 is 17.6 Å². The predicted octanol–water partition coefficient (Wildman–Crippen LogP) is 2.72. The number of anilines is 1. The number of halogens is 2. The van der Waals surface area contributed by atoms with Crippen molar-refractivity contribution in [1.29, 1.82) is 0 Å². The summed E-state index contributed by atoms with van der Waals surface area (Å²) in [5.41, 5.74) is -0.995. The summed E-state index contributed by atoms with van der Waals surface area (Å²) < 4.78 is 28.8. The molecule has 1 aliphatic rings. The Labute approximate surface area is 142 Å². The molecule has 0 radical (unpaired) electrons. The molecule has 1 aromatic heterocycles. The summed E-state index contributed by atoms with van der Waals surface area (Å²) >= 11 is 0. The van der Waals surface area contributed by atoms with Crippen LogP contribution in [0.4, 0.5) is 14.5 Å². The zero-order valence-electron chi connectivity index (χ0n) is 13.7. The Morgan fingerprint density at radius 3 is 2.56 bits per heavy atom. The summed E-state index contributed by atoms with van der Waals surface area (Å²) in [7, 11) is 0. The first kappa shape index (κ1) is 17.1. The number of nitrogens with one attached hydrogen (secondary N) is 1. The van der Waals surface area contributed by atoms with Gasteiger partial charge in [-0.2, -0.15) is 5.10 Å². The van der Waals surface area contributed by atoms with Gasteiger partial charge in [0.2, 0.25) is 5.91 Å². The molecule has 1 amide bonds. The van der Waals surface area contributed by atoms with Crippen molar-refractivity contribution in [3.8, 4) is 0 Å². The van der Waals surface area contributed by atoms with Crippen LogP contribution < -0.4 is 5.32 Å². The first-order valence-electron chi connectivity index (χ1n) is 7.75. The van der Waals surface area contributed by atoms with E-state index in [9.17, 15) is 23.5 Å². The van der Waals surface area contributed by atoms with E-state index < -0.39 is 35.0 Å². The number of benzene rings is 1. The van der Waals surface area contributed by atoms with Crippen molar-refractivity contribution in [3.05, 3.63) is 47.8 Å². The summed E-state index contributed by atoms with van der Waals surface area (Å²) in [6.07, 6.45) is 3.11. The SMILES string of the molecule is CC(C)(C(=O)O)n1cc(NC(=O)C2CC2c2c(F)cccc2F)cn1. The van der Waals surface area contributed by atoms with Gasteiger partial charge in [0.1, 0.15) is 11.6 Å². The number of carbonyl (C=O) groups excluding carboxylic acids is 1. The van der Waals surface area contributed by atoms with Crippen LogP contribution in [-0.4, -0.2) is 26.8 Å². The molecule has 2 N–H and O–H groups in total. The number of carboxylic acid groups (broad SMARTS) is 1. The fraction of sp³-hybridized carbons (Fsp3) is 0.353. The van der Waals surface area contributed by atoms with Crippen LogP contribution in [0.15, 0.2) is 30.6 Å². The third-order valence-corrected chi connectivity index (χ3v) is 4.44. The predicted molar refractivity (Wildman–Crippen MR) is 85.0 cm³/mol. The molecule has 8 heteroatoms. The lowest BCUT2D eigenvalue weighted by Gasteiger charge is -2.19. The van der Waals surface area contributed by atoms with Gasteiger partial charge in [-0.1, -0.05) is 6.07 Å². The van der Waals surface area contributed by atoms with E-state index in [1.54, 1.807) is 0 Å². The van der Waals surface area contributed by atoms with Crippen LogP contribution in [0, 0.1) is 17.6 Å². The van der Waals surface area contributed by atoms with E-state index in [0.717, 1.165) is 0 Å². The van der Waals surface area contributed by atoms with Gasteiger partial charge >= 0.3 is 5.97 Å². The Bertz CT molecular complexity index is 827. The molecule has 2 aromatic rings. The van der Waals surface area contributed by atoms with Crippen molar-refractivity contribution in [3.63, 3.8) is 0 Å². The Hall–Kier alpha value is -2.77. The molecule has 1 saturated carbocycles. The number of aromatic nitrogens is 2. The van der Waals surface area contributed by atoms with Crippen LogP contribution >= 0.6 is 0 Å². The summed E-state index contributed by atoms with van der Waals surface area (Å²) in [6.45, 7) is 2.96. The maximum absolute atomic E-state index is 13.8. The largest absolute Gasteiger partial charge is 0.479 e. The first-order valence-corrected chi connectivity index (χ1v) is 7.75. The van der Waals surface area contributed by atoms with Gasteiger partial charge in [-0.05, 0) is 32.4 Å². The monoisotopic (exact) mass is 349 g/mol. The minimum Gasteiger partial charge on any atom is -0.479 e. The fourth-order valence-electron chi connectivity index (χ4n) is 2.69. The molecular formula is C17H17F2N3O3. The molecule has 0 spiro atoms. The van der Waals surface area contributed by atoms with Gasteiger partial charge in [-0.15, -0.1) is 0 Å². The molecule has 2 unspecified atom stereocenters. The maximum Gasteiger partial charge on any atom is 0.331 e. The second kappa shape index (κ2) is 5.94. The lowest BCUT2D eigenvalue weighted by Crippen LogP contribution is -2.35. The molecular weight excluding hydrogens is 332 g/mol. The van der Waals surface area contributed by atoms with E-state index in [2.05, 4.69) is 10.4 Å². The van der Waals surface area contributed by atoms with Crippen molar-refractivity contribution in [1.82, 2.24) is 9.78 Å². The summed E-state index contributed by atoms with van der Waals surface area (Å²) in [5.74, 6) is -3.77. The van der Waals surface area contributed by atoms with Crippen molar-refractivity contribution < 1.29 is 23.5 Å². The van der Waals surface area contributed by atoms with Crippen LogP contribution in [0.2, 0.25) is 0 Å². The number of carboxylic acids is 1. The van der Waals surface area contributed by atoms with E-state index >= 15 is 0 Å². The highest BCUT2D eigenvalue weighted by atomic mass is 19.1. The number of amides is 1. The minimum atomic E-state index is -1.26. The summed E-state index contributed by atoms with van der Waals surface area (Å²) in [6, 6.07) is 3.62. The summed E-state index contributed by atoms with van der Waals surface area (Å²) in [4.78, 5) is 23.5. The van der Waals surface area contributed by atoms with Gasteiger partial charge in [0, 0.05) is 23.6 Å². The number of aliphatic carboxylic acids is 1. The van der Waals surface area contributed by atoms with Gasteiger partial charge < -0.3 is 10.4 Å². The molecule has 0 bridgehead atoms. The van der Waals surface area contributed by atoms with Gasteiger partial charge in [0.25, 0.3) is 0 Å². The van der Waals surface area contributed by atoms with Crippen molar-refractivity contribution in [2.75, 3.05) is 5.32 Å². The quantitative estimate of drug-likeness (QED) is 0.869. The van der Waals surface area contributed by atoms with Gasteiger partial charge in [0.05, 0.1) is 11.9 Å². The average molecular weight is 349 g/mol. The highest BCUT2D eigenvalue weighted by molar-refractivity contribution is 5.95. The van der Waals surface area contributed by atoms with Crippen LogP contribution in [0.1, 0.15) is 31.7 Å². The van der Waals surface area contributed by atoms with Crippen molar-refractivity contribution in [2.24, 2.45) is 5.92 Å². The molecule has 0 aliphatic heterocycles. The third-order valence-electron chi connectivity index (χ3n) is 4.44. The highest BCUT2D eigenvalue weighted by Gasteiger charge is 2.46. The van der Waals surface area contributed by atoms with E-state index in [1.165, 1.54) is 49.1 Å². The van der Waals surface area contributed by atoms with Crippen LogP contribution in [0.25, 0.3) is 0 Å². The van der Waals surface area contributed by atoms with Gasteiger partial charge in [0.15, 0.2) is 5.54 Å². The van der Waals surface area contributed by atoms with E-state index in [4.69, 9.17) is 0 Å². The Kier molecular flexibility index (Phi) is 4.06. The Balaban J connectivity index is 1.69. The summed E-state index contributed by atoms with van der Waals surface area (Å²) in [5, 5.41) is 15.7. The number of nitrogens with zero attached hydrogens (tertiary/aromatic N) is 2. The van der Waals surface area contributed by atoms with E-state index in [1.807, 2.05) is 0 Å². The molecule has 1 aliphatic carbocycles. The molecule has 1 aromatic carbocycles. The number of hydrogen-bond donors (Lipinski definition) is 2. The smallest absolute Gasteiger partial charge is 0.331 e. The maximum atomic E-state index is 13.8. The number of rotatable bonds is 5. The van der Waals surface area contributed by atoms with Crippen molar-refractivity contribution in [2.45, 2.75) is 31.7 Å². The molecule has 0 saturated heterocycles. The number of carbonyl (C=O) groups is 2. The highest BCUT2D eigenvalue weighted by Crippen LogP contribution is 2.49. The van der Waals surface area contributed by atoms with E-state index in [-0.39, 0.29) is 11.5 Å². The zero-order chi connectivity index (χ0) is 18.4. The normalized spacial score (nSPS) is 19.5. The average Bonchev–Trinajstić information content (AvgIpc) is 3.16. The molecule has 1 heterocycles. The van der Waals surface area contributed by atoms with Crippen LogP contribution in [0.3, 0.4) is 0 Å². The lowest BCUT2D eigenvalue weighted by atomic mass is 10.1. The Morgan fingerprint density at radius 1 is 1.32 bits per heavy atom. The zero-order valence-corrected chi connectivity index (χ0v) is 13.7. The standard InChI is InChI=1S/C17H17F2N3O3/c1-17(2,16(24)25)22-8-9(7-20-22)21-15(23)11-6-10(11)14-12(18)4-3-5-13(14)19/h3-5,7-8,10-11H,6H2,1-2H3,(H,21,23)(H,24,25). The number of hydrogen-bond acceptors (Lipinski definition) is 3. The second-order valence-corrected chi connectivity index (χ2v) is 6.61. The fourth-order valence-corrected chi connectivity index (χ4v) is 2.69. The second-order valence-electron chi connectivity index (χ2n) is 6.61. The lowest BCUT2D eigenvalue weighted by molar-refractivity contribution is -0.146. The molecule has 6 nitrogen and oxygen atoms in total.